The van der Waals surface area contributed by atoms with Gasteiger partial charge in [-0.05, 0) is 26.0 Å². The Labute approximate surface area is 122 Å². The van der Waals surface area contributed by atoms with E-state index in [9.17, 15) is 0 Å². The first-order valence-corrected chi connectivity index (χ1v) is 6.62. The van der Waals surface area contributed by atoms with Gasteiger partial charge in [0, 0.05) is 31.0 Å². The van der Waals surface area contributed by atoms with E-state index in [1.54, 1.807) is 13.1 Å². The van der Waals surface area contributed by atoms with E-state index < -0.39 is 0 Å². The van der Waals surface area contributed by atoms with Gasteiger partial charge in [0.1, 0.15) is 5.82 Å². The molecular formula is C14H16N6O. The summed E-state index contributed by atoms with van der Waals surface area (Å²) in [6.07, 6.45) is 3.58. The molecule has 0 unspecified atom stereocenters. The van der Waals surface area contributed by atoms with Crippen LogP contribution in [0.5, 0.6) is 0 Å². The van der Waals surface area contributed by atoms with E-state index in [0.29, 0.717) is 24.1 Å². The topological polar surface area (TPSA) is 81.7 Å². The van der Waals surface area contributed by atoms with Crippen LogP contribution < -0.4 is 5.32 Å². The van der Waals surface area contributed by atoms with Gasteiger partial charge in [-0.1, -0.05) is 5.16 Å². The third-order valence-electron chi connectivity index (χ3n) is 3.35. The zero-order chi connectivity index (χ0) is 14.8. The molecule has 1 N–H and O–H groups in total. The largest absolute Gasteiger partial charge is 0.365 e. The lowest BCUT2D eigenvalue weighted by Crippen LogP contribution is -2.04. The Bertz CT molecular complexity index is 760. The van der Waals surface area contributed by atoms with Gasteiger partial charge in [-0.25, -0.2) is 4.98 Å². The second-order valence-corrected chi connectivity index (χ2v) is 4.78. The zero-order valence-corrected chi connectivity index (χ0v) is 12.2. The number of nitrogens with one attached hydrogen (secondary N) is 1. The molecule has 0 aliphatic heterocycles. The molecule has 0 saturated carbocycles. The van der Waals surface area contributed by atoms with E-state index >= 15 is 0 Å². The van der Waals surface area contributed by atoms with E-state index in [4.69, 9.17) is 4.52 Å². The molecule has 0 fully saturated rings. The van der Waals surface area contributed by atoms with Gasteiger partial charge in [0.15, 0.2) is 5.82 Å². The average Bonchev–Trinajstić information content (AvgIpc) is 3.05. The summed E-state index contributed by atoms with van der Waals surface area (Å²) in [6.45, 7) is 4.46. The minimum absolute atomic E-state index is 0.464. The number of hydrogen-bond acceptors (Lipinski definition) is 6. The van der Waals surface area contributed by atoms with Crippen LogP contribution in [0.15, 0.2) is 29.0 Å². The van der Waals surface area contributed by atoms with Crippen LogP contribution >= 0.6 is 0 Å². The Morgan fingerprint density at radius 3 is 2.86 bits per heavy atom. The molecule has 7 nitrogen and oxygen atoms in total. The highest BCUT2D eigenvalue weighted by atomic mass is 16.5. The second-order valence-electron chi connectivity index (χ2n) is 4.78. The molecular weight excluding hydrogens is 268 g/mol. The molecule has 3 aromatic heterocycles. The summed E-state index contributed by atoms with van der Waals surface area (Å²) in [4.78, 5) is 8.59. The Morgan fingerprint density at radius 2 is 2.19 bits per heavy atom. The van der Waals surface area contributed by atoms with Gasteiger partial charge >= 0.3 is 0 Å². The molecule has 0 amide bonds. The van der Waals surface area contributed by atoms with Crippen molar-refractivity contribution in [1.82, 2.24) is 24.9 Å². The molecule has 0 saturated heterocycles. The van der Waals surface area contributed by atoms with Gasteiger partial charge in [0.25, 0.3) is 5.89 Å². The fraction of sp³-hybridized carbons (Fsp3) is 0.286. The van der Waals surface area contributed by atoms with Crippen LogP contribution in [0, 0.1) is 13.8 Å². The monoisotopic (exact) mass is 284 g/mol. The number of hydrogen-bond donors (Lipinski definition) is 1. The van der Waals surface area contributed by atoms with Gasteiger partial charge in [0.2, 0.25) is 0 Å². The lowest BCUT2D eigenvalue weighted by Gasteiger charge is -2.08. The summed E-state index contributed by atoms with van der Waals surface area (Å²) in [5.74, 6) is 1.78. The Kier molecular flexibility index (Phi) is 3.39. The van der Waals surface area contributed by atoms with Crippen LogP contribution in [0.3, 0.4) is 0 Å². The molecule has 0 aromatic carbocycles. The quantitative estimate of drug-likeness (QED) is 0.790. The van der Waals surface area contributed by atoms with E-state index in [1.165, 1.54) is 0 Å². The first-order chi connectivity index (χ1) is 10.1. The predicted octanol–water partition coefficient (Wildman–Crippen LogP) is 2.09. The predicted molar refractivity (Wildman–Crippen MR) is 77.5 cm³/mol. The molecule has 0 atom stereocenters. The molecule has 108 valence electrons. The first kappa shape index (κ1) is 13.3. The summed E-state index contributed by atoms with van der Waals surface area (Å²) in [7, 11) is 1.92. The maximum Gasteiger partial charge on any atom is 0.261 e. The molecule has 0 bridgehead atoms. The number of aryl methyl sites for hydroxylation is 2. The van der Waals surface area contributed by atoms with Crippen LogP contribution in [0.4, 0.5) is 5.82 Å². The van der Waals surface area contributed by atoms with Gasteiger partial charge in [-0.2, -0.15) is 10.1 Å². The highest BCUT2D eigenvalue weighted by Crippen LogP contribution is 2.24. The lowest BCUT2D eigenvalue weighted by atomic mass is 10.2. The zero-order valence-electron chi connectivity index (χ0n) is 12.2. The molecule has 0 spiro atoms. The van der Waals surface area contributed by atoms with Crippen molar-refractivity contribution in [2.45, 2.75) is 20.4 Å². The number of aromatic nitrogens is 5. The normalized spacial score (nSPS) is 10.8. The maximum absolute atomic E-state index is 5.21. The van der Waals surface area contributed by atoms with Crippen molar-refractivity contribution in [2.75, 3.05) is 5.32 Å². The number of rotatable bonds is 4. The summed E-state index contributed by atoms with van der Waals surface area (Å²) < 4.78 is 7.06. The van der Waals surface area contributed by atoms with Crippen molar-refractivity contribution < 1.29 is 4.52 Å². The van der Waals surface area contributed by atoms with Crippen molar-refractivity contribution in [3.63, 3.8) is 0 Å². The third kappa shape index (κ3) is 2.62. The Balaban J connectivity index is 1.84. The molecule has 21 heavy (non-hydrogen) atoms. The summed E-state index contributed by atoms with van der Waals surface area (Å²) in [6, 6.07) is 3.74. The van der Waals surface area contributed by atoms with Crippen LogP contribution in [-0.4, -0.2) is 24.9 Å². The van der Waals surface area contributed by atoms with Crippen molar-refractivity contribution in [2.24, 2.45) is 7.05 Å². The number of nitrogens with zero attached hydrogens (tertiary/aromatic N) is 5. The van der Waals surface area contributed by atoms with Crippen molar-refractivity contribution >= 4 is 5.82 Å². The molecule has 7 heteroatoms. The molecule has 0 aliphatic rings. The van der Waals surface area contributed by atoms with E-state index in [0.717, 1.165) is 16.8 Å². The average molecular weight is 284 g/mol. The Hall–Kier alpha value is -2.70. The van der Waals surface area contributed by atoms with E-state index in [1.807, 2.05) is 37.0 Å². The standard InChI is InChI=1S/C14H16N6O/c1-9-11(8-17-20(9)3)7-16-13-12(5-4-6-15-13)14-18-10(2)19-21-14/h4-6,8H,7H2,1-3H3,(H,15,16). The molecule has 3 heterocycles. The van der Waals surface area contributed by atoms with Gasteiger partial charge < -0.3 is 9.84 Å². The maximum atomic E-state index is 5.21. The highest BCUT2D eigenvalue weighted by Gasteiger charge is 2.13. The van der Waals surface area contributed by atoms with Crippen LogP contribution in [0.2, 0.25) is 0 Å². The minimum Gasteiger partial charge on any atom is -0.365 e. The summed E-state index contributed by atoms with van der Waals surface area (Å²) in [5.41, 5.74) is 3.03. The van der Waals surface area contributed by atoms with E-state index in [-0.39, 0.29) is 0 Å². The number of pyridine rings is 1. The van der Waals surface area contributed by atoms with Crippen molar-refractivity contribution in [3.8, 4) is 11.5 Å². The van der Waals surface area contributed by atoms with Gasteiger partial charge in [-0.15, -0.1) is 0 Å². The SMILES string of the molecule is Cc1noc(-c2cccnc2NCc2cnn(C)c2C)n1. The Morgan fingerprint density at radius 1 is 1.33 bits per heavy atom. The summed E-state index contributed by atoms with van der Waals surface area (Å²) >= 11 is 0. The molecule has 0 aliphatic carbocycles. The molecule has 3 aromatic rings. The van der Waals surface area contributed by atoms with E-state index in [2.05, 4.69) is 25.5 Å². The smallest absolute Gasteiger partial charge is 0.261 e. The minimum atomic E-state index is 0.464. The number of anilines is 1. The third-order valence-corrected chi connectivity index (χ3v) is 3.35. The first-order valence-electron chi connectivity index (χ1n) is 6.62. The fourth-order valence-corrected chi connectivity index (χ4v) is 2.02. The van der Waals surface area contributed by atoms with Crippen LogP contribution in [0.1, 0.15) is 17.1 Å². The molecule has 3 rings (SSSR count). The second kappa shape index (κ2) is 5.35. The van der Waals surface area contributed by atoms with Crippen molar-refractivity contribution in [3.05, 3.63) is 41.6 Å². The van der Waals surface area contributed by atoms with Crippen LogP contribution in [-0.2, 0) is 13.6 Å². The van der Waals surface area contributed by atoms with Gasteiger partial charge in [0.05, 0.1) is 11.8 Å². The fourth-order valence-electron chi connectivity index (χ4n) is 2.02. The summed E-state index contributed by atoms with van der Waals surface area (Å²) in [5, 5.41) is 11.3. The van der Waals surface area contributed by atoms with Crippen molar-refractivity contribution in [1.29, 1.82) is 0 Å². The lowest BCUT2D eigenvalue weighted by molar-refractivity contribution is 0.425. The molecule has 0 radical (unpaired) electrons. The van der Waals surface area contributed by atoms with Gasteiger partial charge in [-0.3, -0.25) is 4.68 Å². The highest BCUT2D eigenvalue weighted by molar-refractivity contribution is 5.68. The van der Waals surface area contributed by atoms with Crippen LogP contribution in [0.25, 0.3) is 11.5 Å².